The lowest BCUT2D eigenvalue weighted by molar-refractivity contribution is 0.473. The van der Waals surface area contributed by atoms with Crippen LogP contribution in [0.2, 0.25) is 0 Å². The number of benzene rings is 2. The molecular weight excluding hydrogens is 316 g/mol. The summed E-state index contributed by atoms with van der Waals surface area (Å²) in [5.41, 5.74) is 3.17. The van der Waals surface area contributed by atoms with Crippen LogP contribution in [-0.2, 0) is 6.67 Å². The molecule has 2 heterocycles. The van der Waals surface area contributed by atoms with E-state index in [1.165, 1.54) is 16.8 Å². The molecular formula is C17H11F2N3O2. The lowest BCUT2D eigenvalue weighted by atomic mass is 10.1. The van der Waals surface area contributed by atoms with Crippen LogP contribution in [0.5, 0.6) is 0 Å². The van der Waals surface area contributed by atoms with E-state index in [1.54, 1.807) is 36.4 Å². The Morgan fingerprint density at radius 3 is 2.67 bits per heavy atom. The second-order valence-electron chi connectivity index (χ2n) is 5.27. The van der Waals surface area contributed by atoms with Crippen LogP contribution in [0.3, 0.4) is 0 Å². The highest BCUT2D eigenvalue weighted by atomic mass is 19.1. The summed E-state index contributed by atoms with van der Waals surface area (Å²) in [6.07, 6.45) is 0. The standard InChI is InChI=1S/C17H11F2N3O2/c18-9-12-8-15(22(21-12)13-4-2-11(19)3-5-13)10-1-6-16-14(7-10)20-17(23)24-16/h1-8H,9H2,(H,20,23). The van der Waals surface area contributed by atoms with Crippen LogP contribution >= 0.6 is 0 Å². The molecule has 0 saturated carbocycles. The van der Waals surface area contributed by atoms with Crippen LogP contribution in [-0.4, -0.2) is 14.8 Å². The monoisotopic (exact) mass is 327 g/mol. The normalized spacial score (nSPS) is 11.2. The Morgan fingerprint density at radius 1 is 1.12 bits per heavy atom. The number of nitrogens with one attached hydrogen (secondary N) is 1. The third-order valence-electron chi connectivity index (χ3n) is 3.68. The highest BCUT2D eigenvalue weighted by Crippen LogP contribution is 2.27. The van der Waals surface area contributed by atoms with Gasteiger partial charge in [0.05, 0.1) is 22.6 Å². The predicted octanol–water partition coefficient (Wildman–Crippen LogP) is 3.58. The average Bonchev–Trinajstić information content (AvgIpc) is 3.17. The lowest BCUT2D eigenvalue weighted by Gasteiger charge is -2.07. The van der Waals surface area contributed by atoms with Crippen molar-refractivity contribution in [3.8, 4) is 16.9 Å². The van der Waals surface area contributed by atoms with E-state index in [0.29, 0.717) is 22.5 Å². The fourth-order valence-electron chi connectivity index (χ4n) is 2.59. The molecule has 0 spiro atoms. The number of fused-ring (bicyclic) bond motifs is 1. The van der Waals surface area contributed by atoms with Gasteiger partial charge in [-0.05, 0) is 48.5 Å². The van der Waals surface area contributed by atoms with Crippen molar-refractivity contribution in [3.63, 3.8) is 0 Å². The number of aromatic amines is 1. The first-order chi connectivity index (χ1) is 11.6. The molecule has 2 aromatic carbocycles. The van der Waals surface area contributed by atoms with E-state index in [1.807, 2.05) is 0 Å². The summed E-state index contributed by atoms with van der Waals surface area (Å²) in [4.78, 5) is 13.9. The SMILES string of the molecule is O=c1[nH]c2cc(-c3cc(CF)nn3-c3ccc(F)cc3)ccc2o1. The van der Waals surface area contributed by atoms with E-state index in [0.717, 1.165) is 5.56 Å². The molecule has 0 aliphatic heterocycles. The van der Waals surface area contributed by atoms with Crippen LogP contribution in [0.15, 0.2) is 57.7 Å². The Labute approximate surface area is 134 Å². The summed E-state index contributed by atoms with van der Waals surface area (Å²) in [6, 6.07) is 12.5. The maximum atomic E-state index is 13.1. The van der Waals surface area contributed by atoms with Crippen molar-refractivity contribution >= 4 is 11.1 Å². The van der Waals surface area contributed by atoms with Gasteiger partial charge in [0.15, 0.2) is 5.58 Å². The summed E-state index contributed by atoms with van der Waals surface area (Å²) in [5, 5.41) is 4.21. The fraction of sp³-hybridized carbons (Fsp3) is 0.0588. The van der Waals surface area contributed by atoms with Gasteiger partial charge in [0.1, 0.15) is 12.5 Å². The second kappa shape index (κ2) is 5.45. The van der Waals surface area contributed by atoms with Crippen molar-refractivity contribution in [1.82, 2.24) is 14.8 Å². The number of alkyl halides is 1. The minimum atomic E-state index is -0.716. The van der Waals surface area contributed by atoms with E-state index < -0.39 is 12.4 Å². The third kappa shape index (κ3) is 2.40. The Hall–Kier alpha value is -3.22. The minimum Gasteiger partial charge on any atom is -0.408 e. The molecule has 5 nitrogen and oxygen atoms in total. The maximum Gasteiger partial charge on any atom is 0.417 e. The van der Waals surface area contributed by atoms with Crippen molar-refractivity contribution in [2.45, 2.75) is 6.67 Å². The number of hydrogen-bond acceptors (Lipinski definition) is 3. The molecule has 4 aromatic rings. The smallest absolute Gasteiger partial charge is 0.408 e. The highest BCUT2D eigenvalue weighted by molar-refractivity contribution is 5.79. The number of oxazole rings is 1. The van der Waals surface area contributed by atoms with Gasteiger partial charge < -0.3 is 4.42 Å². The molecule has 0 fully saturated rings. The van der Waals surface area contributed by atoms with Crippen LogP contribution in [0.25, 0.3) is 28.0 Å². The molecule has 120 valence electrons. The van der Waals surface area contributed by atoms with E-state index in [2.05, 4.69) is 10.1 Å². The van der Waals surface area contributed by atoms with Gasteiger partial charge >= 0.3 is 5.76 Å². The van der Waals surface area contributed by atoms with Crippen LogP contribution in [0.4, 0.5) is 8.78 Å². The molecule has 1 N–H and O–H groups in total. The van der Waals surface area contributed by atoms with Crippen molar-refractivity contribution in [1.29, 1.82) is 0 Å². The number of rotatable bonds is 3. The zero-order valence-electron chi connectivity index (χ0n) is 12.3. The van der Waals surface area contributed by atoms with Gasteiger partial charge in [0, 0.05) is 5.56 Å². The molecule has 7 heteroatoms. The molecule has 0 unspecified atom stereocenters. The first kappa shape index (κ1) is 14.4. The van der Waals surface area contributed by atoms with Crippen molar-refractivity contribution < 1.29 is 13.2 Å². The van der Waals surface area contributed by atoms with E-state index in [-0.39, 0.29) is 11.5 Å². The molecule has 4 rings (SSSR count). The Kier molecular flexibility index (Phi) is 3.26. The van der Waals surface area contributed by atoms with Crippen molar-refractivity contribution in [2.75, 3.05) is 0 Å². The van der Waals surface area contributed by atoms with E-state index in [9.17, 15) is 13.6 Å². The first-order valence-electron chi connectivity index (χ1n) is 7.18. The number of hydrogen-bond donors (Lipinski definition) is 1. The molecule has 0 aliphatic rings. The number of halogens is 2. The molecule has 0 aliphatic carbocycles. The highest BCUT2D eigenvalue weighted by Gasteiger charge is 2.13. The summed E-state index contributed by atoms with van der Waals surface area (Å²) >= 11 is 0. The molecule has 0 saturated heterocycles. The van der Waals surface area contributed by atoms with Gasteiger partial charge in [-0.1, -0.05) is 0 Å². The summed E-state index contributed by atoms with van der Waals surface area (Å²) in [7, 11) is 0. The zero-order valence-corrected chi connectivity index (χ0v) is 12.3. The number of H-pyrrole nitrogens is 1. The van der Waals surface area contributed by atoms with Gasteiger partial charge in [-0.3, -0.25) is 4.98 Å². The third-order valence-corrected chi connectivity index (χ3v) is 3.68. The summed E-state index contributed by atoms with van der Waals surface area (Å²) in [6.45, 7) is -0.716. The Balaban J connectivity index is 1.90. The molecule has 24 heavy (non-hydrogen) atoms. The van der Waals surface area contributed by atoms with Gasteiger partial charge in [0.25, 0.3) is 0 Å². The Morgan fingerprint density at radius 2 is 1.92 bits per heavy atom. The molecule has 0 amide bonds. The van der Waals surface area contributed by atoms with Crippen LogP contribution < -0.4 is 5.76 Å². The fourth-order valence-corrected chi connectivity index (χ4v) is 2.59. The second-order valence-corrected chi connectivity index (χ2v) is 5.27. The Bertz CT molecular complexity index is 1080. The summed E-state index contributed by atoms with van der Waals surface area (Å²) < 4.78 is 32.7. The van der Waals surface area contributed by atoms with Crippen LogP contribution in [0.1, 0.15) is 5.69 Å². The van der Waals surface area contributed by atoms with Crippen molar-refractivity contribution in [3.05, 3.63) is 70.6 Å². The predicted molar refractivity (Wildman–Crippen MR) is 84.2 cm³/mol. The zero-order chi connectivity index (χ0) is 16.7. The van der Waals surface area contributed by atoms with Gasteiger partial charge in [0.2, 0.25) is 0 Å². The largest absolute Gasteiger partial charge is 0.417 e. The van der Waals surface area contributed by atoms with Crippen molar-refractivity contribution in [2.24, 2.45) is 0 Å². The average molecular weight is 327 g/mol. The molecule has 0 bridgehead atoms. The molecule has 0 atom stereocenters. The maximum absolute atomic E-state index is 13.1. The van der Waals surface area contributed by atoms with Gasteiger partial charge in [-0.2, -0.15) is 5.10 Å². The van der Waals surface area contributed by atoms with E-state index >= 15 is 0 Å². The molecule has 2 aromatic heterocycles. The van der Waals surface area contributed by atoms with Crippen LogP contribution in [0, 0.1) is 5.82 Å². The molecule has 0 radical (unpaired) electrons. The minimum absolute atomic E-state index is 0.259. The number of aromatic nitrogens is 3. The first-order valence-corrected chi connectivity index (χ1v) is 7.18. The quantitative estimate of drug-likeness (QED) is 0.625. The van der Waals surface area contributed by atoms with Gasteiger partial charge in [-0.15, -0.1) is 0 Å². The van der Waals surface area contributed by atoms with Gasteiger partial charge in [-0.25, -0.2) is 18.3 Å². The summed E-state index contributed by atoms with van der Waals surface area (Å²) in [5.74, 6) is -0.908. The topological polar surface area (TPSA) is 63.8 Å². The lowest BCUT2D eigenvalue weighted by Crippen LogP contribution is -1.99. The van der Waals surface area contributed by atoms with E-state index in [4.69, 9.17) is 4.42 Å². The number of nitrogens with zero attached hydrogens (tertiary/aromatic N) is 2.